The van der Waals surface area contributed by atoms with Gasteiger partial charge in [-0.2, -0.15) is 13.2 Å². The van der Waals surface area contributed by atoms with Crippen LogP contribution in [-0.2, 0) is 12.6 Å². The van der Waals surface area contributed by atoms with E-state index in [1.54, 1.807) is 11.4 Å². The van der Waals surface area contributed by atoms with Crippen molar-refractivity contribution in [3.8, 4) is 0 Å². The van der Waals surface area contributed by atoms with Crippen molar-refractivity contribution in [3.63, 3.8) is 0 Å². The van der Waals surface area contributed by atoms with Gasteiger partial charge in [-0.05, 0) is 36.0 Å². The molecule has 1 nitrogen and oxygen atoms in total. The molecule has 86 valence electrons. The Morgan fingerprint density at radius 2 is 2.00 bits per heavy atom. The molecule has 2 rings (SSSR count). The fraction of sp³-hybridized carbons (Fsp3) is 0.273. The fourth-order valence-electron chi connectivity index (χ4n) is 1.73. The van der Waals surface area contributed by atoms with E-state index in [9.17, 15) is 13.2 Å². The number of hydrogen-bond donors (Lipinski definition) is 1. The summed E-state index contributed by atoms with van der Waals surface area (Å²) in [6.07, 6.45) is -3.82. The minimum Gasteiger partial charge on any atom is -0.330 e. The summed E-state index contributed by atoms with van der Waals surface area (Å²) in [6.45, 7) is 0.359. The van der Waals surface area contributed by atoms with Crippen LogP contribution in [0.5, 0.6) is 0 Å². The van der Waals surface area contributed by atoms with Crippen molar-refractivity contribution in [3.05, 3.63) is 34.7 Å². The lowest BCUT2D eigenvalue weighted by atomic mass is 10.0. The Morgan fingerprint density at radius 3 is 2.62 bits per heavy atom. The summed E-state index contributed by atoms with van der Waals surface area (Å²) in [5, 5.41) is 2.07. The number of nitrogens with two attached hydrogens (primary N) is 1. The smallest absolute Gasteiger partial charge is 0.330 e. The summed E-state index contributed by atoms with van der Waals surface area (Å²) in [4.78, 5) is 0. The van der Waals surface area contributed by atoms with Crippen LogP contribution in [0, 0.1) is 0 Å². The molecule has 5 heteroatoms. The van der Waals surface area contributed by atoms with E-state index in [2.05, 4.69) is 0 Å². The van der Waals surface area contributed by atoms with Crippen molar-refractivity contribution in [2.45, 2.75) is 12.6 Å². The van der Waals surface area contributed by atoms with Gasteiger partial charge in [0.2, 0.25) is 0 Å². The van der Waals surface area contributed by atoms with E-state index in [0.717, 1.165) is 6.07 Å². The standard InChI is InChI=1S/C11H10F3NS/c12-11(13,14)8-2-1-3-9-10(8)7(4-5-15)6-16-9/h1-3,6H,4-5,15H2. The molecule has 2 aromatic rings. The highest BCUT2D eigenvalue weighted by Crippen LogP contribution is 2.38. The van der Waals surface area contributed by atoms with E-state index < -0.39 is 11.7 Å². The first-order valence-corrected chi connectivity index (χ1v) is 5.68. The molecule has 0 aliphatic heterocycles. The Kier molecular flexibility index (Phi) is 2.90. The minimum atomic E-state index is -4.30. The van der Waals surface area contributed by atoms with Gasteiger partial charge in [0.05, 0.1) is 5.56 Å². The number of fused-ring (bicyclic) bond motifs is 1. The number of benzene rings is 1. The normalized spacial score (nSPS) is 12.2. The monoisotopic (exact) mass is 245 g/mol. The molecular formula is C11H10F3NS. The van der Waals surface area contributed by atoms with Crippen LogP contribution in [0.15, 0.2) is 23.6 Å². The molecule has 1 heterocycles. The van der Waals surface area contributed by atoms with E-state index in [1.807, 2.05) is 0 Å². The van der Waals surface area contributed by atoms with Crippen LogP contribution < -0.4 is 5.73 Å². The molecule has 16 heavy (non-hydrogen) atoms. The molecule has 0 saturated carbocycles. The van der Waals surface area contributed by atoms with Crippen molar-refractivity contribution in [2.24, 2.45) is 5.73 Å². The summed E-state index contributed by atoms with van der Waals surface area (Å²) in [5.74, 6) is 0. The van der Waals surface area contributed by atoms with Crippen LogP contribution in [0.3, 0.4) is 0 Å². The van der Waals surface area contributed by atoms with Gasteiger partial charge in [-0.15, -0.1) is 11.3 Å². The SMILES string of the molecule is NCCc1csc2cccc(C(F)(F)F)c12. The quantitative estimate of drug-likeness (QED) is 0.862. The van der Waals surface area contributed by atoms with Crippen molar-refractivity contribution < 1.29 is 13.2 Å². The van der Waals surface area contributed by atoms with Crippen molar-refractivity contribution in [1.29, 1.82) is 0 Å². The first-order chi connectivity index (χ1) is 7.54. The fourth-order valence-corrected chi connectivity index (χ4v) is 2.75. The first kappa shape index (κ1) is 11.4. The lowest BCUT2D eigenvalue weighted by Gasteiger charge is -2.09. The van der Waals surface area contributed by atoms with E-state index in [4.69, 9.17) is 5.73 Å². The third-order valence-electron chi connectivity index (χ3n) is 2.39. The van der Waals surface area contributed by atoms with Gasteiger partial charge < -0.3 is 5.73 Å². The van der Waals surface area contributed by atoms with Crippen LogP contribution in [0.25, 0.3) is 10.1 Å². The molecule has 0 fully saturated rings. The van der Waals surface area contributed by atoms with Gasteiger partial charge in [-0.3, -0.25) is 0 Å². The average Bonchev–Trinajstić information content (AvgIpc) is 2.61. The van der Waals surface area contributed by atoms with Gasteiger partial charge >= 0.3 is 6.18 Å². The van der Waals surface area contributed by atoms with E-state index in [0.29, 0.717) is 28.6 Å². The maximum Gasteiger partial charge on any atom is 0.417 e. The topological polar surface area (TPSA) is 26.0 Å². The van der Waals surface area contributed by atoms with Crippen LogP contribution in [0.2, 0.25) is 0 Å². The van der Waals surface area contributed by atoms with Crippen molar-refractivity contribution in [1.82, 2.24) is 0 Å². The number of halogens is 3. The zero-order valence-corrected chi connectivity index (χ0v) is 9.16. The summed E-state index contributed by atoms with van der Waals surface area (Å²) >= 11 is 1.33. The third kappa shape index (κ3) is 1.92. The number of alkyl halides is 3. The second-order valence-corrected chi connectivity index (χ2v) is 4.39. The van der Waals surface area contributed by atoms with Crippen LogP contribution in [0.4, 0.5) is 13.2 Å². The number of rotatable bonds is 2. The molecule has 0 amide bonds. The highest BCUT2D eigenvalue weighted by Gasteiger charge is 2.33. The summed E-state index contributed by atoms with van der Waals surface area (Å²) in [7, 11) is 0. The van der Waals surface area contributed by atoms with Gasteiger partial charge in [0.15, 0.2) is 0 Å². The van der Waals surface area contributed by atoms with Gasteiger partial charge in [-0.25, -0.2) is 0 Å². The predicted octanol–water partition coefficient (Wildman–Crippen LogP) is 3.42. The molecule has 1 aromatic carbocycles. The van der Waals surface area contributed by atoms with Gasteiger partial charge in [0.1, 0.15) is 0 Å². The Morgan fingerprint density at radius 1 is 1.25 bits per heavy atom. The average molecular weight is 245 g/mol. The molecular weight excluding hydrogens is 235 g/mol. The molecule has 0 bridgehead atoms. The maximum absolute atomic E-state index is 12.8. The molecule has 0 spiro atoms. The zero-order valence-electron chi connectivity index (χ0n) is 8.34. The molecule has 0 saturated heterocycles. The summed E-state index contributed by atoms with van der Waals surface area (Å²) in [6, 6.07) is 4.26. The van der Waals surface area contributed by atoms with E-state index >= 15 is 0 Å². The second-order valence-electron chi connectivity index (χ2n) is 3.48. The molecule has 0 aliphatic rings. The van der Waals surface area contributed by atoms with Gasteiger partial charge in [0.25, 0.3) is 0 Å². The molecule has 0 radical (unpaired) electrons. The van der Waals surface area contributed by atoms with Crippen molar-refractivity contribution >= 4 is 21.4 Å². The lowest BCUT2D eigenvalue weighted by Crippen LogP contribution is -2.07. The number of hydrogen-bond acceptors (Lipinski definition) is 2. The third-order valence-corrected chi connectivity index (χ3v) is 3.39. The van der Waals surface area contributed by atoms with E-state index in [1.165, 1.54) is 17.4 Å². The van der Waals surface area contributed by atoms with Crippen LogP contribution in [0.1, 0.15) is 11.1 Å². The Labute approximate surface area is 94.7 Å². The Bertz CT molecular complexity index is 501. The highest BCUT2D eigenvalue weighted by molar-refractivity contribution is 7.17. The number of thiophene rings is 1. The summed E-state index contributed by atoms with van der Waals surface area (Å²) in [5.41, 5.74) is 5.52. The predicted molar refractivity (Wildman–Crippen MR) is 59.6 cm³/mol. The molecule has 0 aliphatic carbocycles. The maximum atomic E-state index is 12.8. The molecule has 0 atom stereocenters. The second kappa shape index (κ2) is 4.07. The lowest BCUT2D eigenvalue weighted by molar-refractivity contribution is -0.136. The largest absolute Gasteiger partial charge is 0.417 e. The van der Waals surface area contributed by atoms with Crippen molar-refractivity contribution in [2.75, 3.05) is 6.54 Å². The summed E-state index contributed by atoms with van der Waals surface area (Å²) < 4.78 is 39.0. The molecule has 2 N–H and O–H groups in total. The zero-order chi connectivity index (χ0) is 11.8. The minimum absolute atomic E-state index is 0.311. The van der Waals surface area contributed by atoms with Crippen LogP contribution in [-0.4, -0.2) is 6.54 Å². The highest BCUT2D eigenvalue weighted by atomic mass is 32.1. The Hall–Kier alpha value is -1.07. The van der Waals surface area contributed by atoms with Gasteiger partial charge in [-0.1, -0.05) is 6.07 Å². The molecule has 0 unspecified atom stereocenters. The van der Waals surface area contributed by atoms with E-state index in [-0.39, 0.29) is 0 Å². The molecule has 1 aromatic heterocycles. The first-order valence-electron chi connectivity index (χ1n) is 4.80. The van der Waals surface area contributed by atoms with Gasteiger partial charge in [0, 0.05) is 10.1 Å². The van der Waals surface area contributed by atoms with Crippen LogP contribution >= 0.6 is 11.3 Å². The Balaban J connectivity index is 2.68.